The first kappa shape index (κ1) is 20.4. The lowest BCUT2D eigenvalue weighted by Crippen LogP contribution is -2.19. The molecule has 0 amide bonds. The molecule has 1 N–H and O–H groups in total. The van der Waals surface area contributed by atoms with Crippen LogP contribution in [0, 0.1) is 0 Å². The minimum absolute atomic E-state index is 0.0260. The zero-order valence-electron chi connectivity index (χ0n) is 18.4. The monoisotopic (exact) mass is 445 g/mol. The standard InChI is InChI=1S/C26H27N3O4/c30-26(31)18-4-6-21(7-5-18)28-22(17-8-11-32-12-9-17)14-19-13-20-16-27-29(24(20)15-23(19)28)25-3-1-2-10-33-25/h4-7,13-17,25H,1-3,8-12H2,(H,30,31). The lowest BCUT2D eigenvalue weighted by molar-refractivity contribution is -0.0366. The van der Waals surface area contributed by atoms with Gasteiger partial charge in [-0.1, -0.05) is 0 Å². The molecule has 33 heavy (non-hydrogen) atoms. The first-order chi connectivity index (χ1) is 16.2. The number of rotatable bonds is 4. The molecule has 4 heterocycles. The van der Waals surface area contributed by atoms with Gasteiger partial charge in [-0.15, -0.1) is 0 Å². The third-order valence-corrected chi connectivity index (χ3v) is 6.99. The molecule has 0 radical (unpaired) electrons. The number of ether oxygens (including phenoxy) is 2. The third-order valence-electron chi connectivity index (χ3n) is 6.99. The Balaban J connectivity index is 1.54. The molecule has 7 heteroatoms. The summed E-state index contributed by atoms with van der Waals surface area (Å²) in [5.41, 5.74) is 4.67. The van der Waals surface area contributed by atoms with Crippen molar-refractivity contribution in [3.05, 3.63) is 59.9 Å². The minimum Gasteiger partial charge on any atom is -0.478 e. The molecular formula is C26H27N3O4. The Morgan fingerprint density at radius 3 is 2.48 bits per heavy atom. The Morgan fingerprint density at radius 1 is 0.939 bits per heavy atom. The van der Waals surface area contributed by atoms with Crippen molar-refractivity contribution < 1.29 is 19.4 Å². The molecule has 2 aromatic carbocycles. The smallest absolute Gasteiger partial charge is 0.335 e. The van der Waals surface area contributed by atoms with E-state index in [1.165, 1.54) is 5.69 Å². The summed E-state index contributed by atoms with van der Waals surface area (Å²) < 4.78 is 15.9. The molecule has 1 atom stereocenters. The van der Waals surface area contributed by atoms with Crippen LogP contribution in [0.15, 0.2) is 48.7 Å². The van der Waals surface area contributed by atoms with Crippen LogP contribution in [0.25, 0.3) is 27.5 Å². The van der Waals surface area contributed by atoms with Crippen LogP contribution in [0.1, 0.15) is 60.3 Å². The molecule has 0 bridgehead atoms. The summed E-state index contributed by atoms with van der Waals surface area (Å²) in [5, 5.41) is 16.3. The minimum atomic E-state index is -0.915. The van der Waals surface area contributed by atoms with Crippen LogP contribution >= 0.6 is 0 Å². The van der Waals surface area contributed by atoms with Gasteiger partial charge in [0.1, 0.15) is 0 Å². The van der Waals surface area contributed by atoms with Gasteiger partial charge in [0.25, 0.3) is 0 Å². The number of aromatic carboxylic acids is 1. The SMILES string of the molecule is O=C(O)c1ccc(-n2c(C3CCOCC3)cc3cc4cnn(C5CCCCO5)c4cc32)cc1. The highest BCUT2D eigenvalue weighted by molar-refractivity contribution is 5.97. The Kier molecular flexibility index (Phi) is 5.15. The van der Waals surface area contributed by atoms with Crippen LogP contribution in [0.4, 0.5) is 0 Å². The largest absolute Gasteiger partial charge is 0.478 e. The van der Waals surface area contributed by atoms with Gasteiger partial charge in [-0.05, 0) is 74.6 Å². The number of carboxylic acids is 1. The Morgan fingerprint density at radius 2 is 1.76 bits per heavy atom. The maximum atomic E-state index is 11.4. The van der Waals surface area contributed by atoms with E-state index in [1.807, 2.05) is 23.0 Å². The number of benzene rings is 2. The van der Waals surface area contributed by atoms with E-state index in [4.69, 9.17) is 9.47 Å². The van der Waals surface area contributed by atoms with E-state index >= 15 is 0 Å². The first-order valence-electron chi connectivity index (χ1n) is 11.7. The molecule has 7 nitrogen and oxygen atoms in total. The van der Waals surface area contributed by atoms with E-state index < -0.39 is 5.97 Å². The van der Waals surface area contributed by atoms with Crippen molar-refractivity contribution >= 4 is 27.8 Å². The highest BCUT2D eigenvalue weighted by Gasteiger charge is 2.24. The van der Waals surface area contributed by atoms with E-state index in [0.717, 1.165) is 79.4 Å². The molecule has 2 saturated heterocycles. The fraction of sp³-hybridized carbons (Fsp3) is 0.385. The number of carbonyl (C=O) groups is 1. The quantitative estimate of drug-likeness (QED) is 0.463. The summed E-state index contributed by atoms with van der Waals surface area (Å²) in [5.74, 6) is -0.520. The molecule has 2 aliphatic heterocycles. The van der Waals surface area contributed by atoms with E-state index in [-0.39, 0.29) is 11.8 Å². The molecule has 0 aliphatic carbocycles. The van der Waals surface area contributed by atoms with Crippen LogP contribution < -0.4 is 0 Å². The highest BCUT2D eigenvalue weighted by Crippen LogP contribution is 2.37. The lowest BCUT2D eigenvalue weighted by Gasteiger charge is -2.24. The predicted molar refractivity (Wildman–Crippen MR) is 125 cm³/mol. The van der Waals surface area contributed by atoms with E-state index in [1.54, 1.807) is 12.1 Å². The van der Waals surface area contributed by atoms with Gasteiger partial charge in [0.05, 0.1) is 22.8 Å². The van der Waals surface area contributed by atoms with Gasteiger partial charge in [-0.2, -0.15) is 5.10 Å². The molecule has 0 saturated carbocycles. The van der Waals surface area contributed by atoms with Crippen LogP contribution in [0.3, 0.4) is 0 Å². The summed E-state index contributed by atoms with van der Waals surface area (Å²) in [6.45, 7) is 2.30. The molecule has 170 valence electrons. The topological polar surface area (TPSA) is 78.5 Å². The summed E-state index contributed by atoms with van der Waals surface area (Å²) in [6, 6.07) is 13.9. The van der Waals surface area contributed by atoms with Crippen molar-refractivity contribution in [3.63, 3.8) is 0 Å². The fourth-order valence-electron chi connectivity index (χ4n) is 5.25. The molecular weight excluding hydrogens is 418 g/mol. The molecule has 6 rings (SSSR count). The number of aromatic nitrogens is 3. The van der Waals surface area contributed by atoms with E-state index in [9.17, 15) is 9.90 Å². The van der Waals surface area contributed by atoms with Gasteiger partial charge in [0, 0.05) is 47.9 Å². The zero-order chi connectivity index (χ0) is 22.4. The molecule has 1 unspecified atom stereocenters. The van der Waals surface area contributed by atoms with Gasteiger partial charge in [-0.3, -0.25) is 0 Å². The van der Waals surface area contributed by atoms with Gasteiger partial charge < -0.3 is 19.1 Å². The average molecular weight is 446 g/mol. The first-order valence-corrected chi connectivity index (χ1v) is 11.7. The van der Waals surface area contributed by atoms with Crippen molar-refractivity contribution in [1.29, 1.82) is 0 Å². The van der Waals surface area contributed by atoms with Crippen LogP contribution in [0.2, 0.25) is 0 Å². The summed E-state index contributed by atoms with van der Waals surface area (Å²) >= 11 is 0. The number of hydrogen-bond acceptors (Lipinski definition) is 4. The van der Waals surface area contributed by atoms with Crippen molar-refractivity contribution in [2.45, 2.75) is 44.2 Å². The summed E-state index contributed by atoms with van der Waals surface area (Å²) in [7, 11) is 0. The molecule has 0 spiro atoms. The van der Waals surface area contributed by atoms with E-state index in [2.05, 4.69) is 27.9 Å². The second-order valence-corrected chi connectivity index (χ2v) is 9.02. The predicted octanol–water partition coefficient (Wildman–Crippen LogP) is 5.27. The van der Waals surface area contributed by atoms with Gasteiger partial charge in [-0.25, -0.2) is 9.48 Å². The van der Waals surface area contributed by atoms with Crippen LogP contribution in [-0.2, 0) is 9.47 Å². The number of carboxylic acid groups (broad SMARTS) is 1. The Labute approximate surface area is 191 Å². The van der Waals surface area contributed by atoms with E-state index in [0.29, 0.717) is 5.92 Å². The third kappa shape index (κ3) is 3.61. The van der Waals surface area contributed by atoms with Crippen LogP contribution in [0.5, 0.6) is 0 Å². The van der Waals surface area contributed by atoms with Crippen molar-refractivity contribution in [1.82, 2.24) is 14.3 Å². The van der Waals surface area contributed by atoms with Crippen molar-refractivity contribution in [3.8, 4) is 5.69 Å². The van der Waals surface area contributed by atoms with Crippen molar-refractivity contribution in [2.75, 3.05) is 19.8 Å². The highest BCUT2D eigenvalue weighted by atomic mass is 16.5. The van der Waals surface area contributed by atoms with Gasteiger partial charge in [0.15, 0.2) is 6.23 Å². The van der Waals surface area contributed by atoms with Gasteiger partial charge >= 0.3 is 5.97 Å². The molecule has 2 fully saturated rings. The maximum absolute atomic E-state index is 11.4. The number of hydrogen-bond donors (Lipinski definition) is 1. The lowest BCUT2D eigenvalue weighted by atomic mass is 9.96. The summed E-state index contributed by atoms with van der Waals surface area (Å²) in [6.07, 6.45) is 7.08. The Bertz CT molecular complexity index is 1310. The second kappa shape index (κ2) is 8.32. The Hall–Kier alpha value is -3.16. The number of nitrogens with zero attached hydrogens (tertiary/aromatic N) is 3. The molecule has 4 aromatic rings. The van der Waals surface area contributed by atoms with Crippen LogP contribution in [-0.4, -0.2) is 45.2 Å². The van der Waals surface area contributed by atoms with Gasteiger partial charge in [0.2, 0.25) is 0 Å². The second-order valence-electron chi connectivity index (χ2n) is 9.02. The fourth-order valence-corrected chi connectivity index (χ4v) is 5.25. The summed E-state index contributed by atoms with van der Waals surface area (Å²) in [4.78, 5) is 11.4. The number of fused-ring (bicyclic) bond motifs is 2. The molecule has 2 aromatic heterocycles. The molecule has 2 aliphatic rings. The van der Waals surface area contributed by atoms with Crippen molar-refractivity contribution in [2.24, 2.45) is 0 Å². The normalized spacial score (nSPS) is 19.9. The average Bonchev–Trinajstić information content (AvgIpc) is 3.44. The zero-order valence-corrected chi connectivity index (χ0v) is 18.4. The maximum Gasteiger partial charge on any atom is 0.335 e.